The normalized spacial score (nSPS) is 10.8. The number of nitro benzene ring substituents is 1. The van der Waals surface area contributed by atoms with Crippen LogP contribution < -0.4 is 5.32 Å². The summed E-state index contributed by atoms with van der Waals surface area (Å²) in [7, 11) is 0. The van der Waals surface area contributed by atoms with Gasteiger partial charge in [-0.25, -0.2) is 4.98 Å². The van der Waals surface area contributed by atoms with Crippen LogP contribution in [0.5, 0.6) is 0 Å². The molecule has 0 aliphatic heterocycles. The van der Waals surface area contributed by atoms with Gasteiger partial charge in [0.05, 0.1) is 25.0 Å². The van der Waals surface area contributed by atoms with Crippen molar-refractivity contribution in [2.45, 2.75) is 11.8 Å². The Morgan fingerprint density at radius 3 is 2.79 bits per heavy atom. The molecule has 3 rings (SSSR count). The molecule has 0 unspecified atom stereocenters. The zero-order chi connectivity index (χ0) is 17.3. The Bertz CT molecular complexity index is 953. The van der Waals surface area contributed by atoms with E-state index in [1.165, 1.54) is 17.8 Å². The Hall–Kier alpha value is -2.45. The van der Waals surface area contributed by atoms with Crippen LogP contribution in [0.4, 0.5) is 11.4 Å². The maximum atomic E-state index is 12.4. The molecule has 0 atom stereocenters. The van der Waals surface area contributed by atoms with Crippen LogP contribution in [-0.4, -0.2) is 22.1 Å². The predicted molar refractivity (Wildman–Crippen MR) is 97.2 cm³/mol. The molecule has 0 aliphatic carbocycles. The van der Waals surface area contributed by atoms with Gasteiger partial charge in [0.25, 0.3) is 11.6 Å². The highest BCUT2D eigenvalue weighted by Crippen LogP contribution is 2.29. The van der Waals surface area contributed by atoms with Crippen molar-refractivity contribution in [3.63, 3.8) is 0 Å². The first-order valence-electron chi connectivity index (χ1n) is 6.99. The molecule has 1 amide bonds. The summed E-state index contributed by atoms with van der Waals surface area (Å²) in [6.07, 6.45) is 1.76. The summed E-state index contributed by atoms with van der Waals surface area (Å²) in [4.78, 5) is 27.9. The third-order valence-corrected chi connectivity index (χ3v) is 5.11. The van der Waals surface area contributed by atoms with Gasteiger partial charge in [-0.1, -0.05) is 0 Å². The molecule has 1 aromatic heterocycles. The Labute approximate surface area is 146 Å². The van der Waals surface area contributed by atoms with E-state index in [1.807, 2.05) is 19.1 Å². The van der Waals surface area contributed by atoms with Gasteiger partial charge >= 0.3 is 0 Å². The Morgan fingerprint density at radius 2 is 2.08 bits per heavy atom. The summed E-state index contributed by atoms with van der Waals surface area (Å²) < 4.78 is 0.981. The molecule has 0 aliphatic rings. The number of nitrogens with zero attached hydrogens (tertiary/aromatic N) is 2. The summed E-state index contributed by atoms with van der Waals surface area (Å²) in [5, 5.41) is 14.8. The van der Waals surface area contributed by atoms with Crippen molar-refractivity contribution < 1.29 is 9.72 Å². The molecule has 0 fully saturated rings. The molecular weight excluding hydrogens is 346 g/mol. The average Bonchev–Trinajstić information content (AvgIpc) is 2.93. The molecule has 6 nitrogen and oxygen atoms in total. The van der Waals surface area contributed by atoms with Crippen molar-refractivity contribution in [3.05, 3.63) is 57.1 Å². The minimum Gasteiger partial charge on any atom is -0.322 e. The summed E-state index contributed by atoms with van der Waals surface area (Å²) in [6, 6.07) is 9.94. The molecule has 0 radical (unpaired) electrons. The number of hydrogen-bond acceptors (Lipinski definition) is 6. The van der Waals surface area contributed by atoms with Crippen molar-refractivity contribution in [1.29, 1.82) is 0 Å². The zero-order valence-electron chi connectivity index (χ0n) is 12.9. The summed E-state index contributed by atoms with van der Waals surface area (Å²) in [5.41, 5.74) is 1.70. The SMILES string of the molecule is CSc1ccc(C(=O)Nc2ccc3nc(C)sc3c2)cc1[N+](=O)[O-]. The highest BCUT2D eigenvalue weighted by molar-refractivity contribution is 7.98. The first-order chi connectivity index (χ1) is 11.5. The molecule has 1 heterocycles. The molecule has 24 heavy (non-hydrogen) atoms. The summed E-state index contributed by atoms with van der Waals surface area (Å²) in [5.74, 6) is -0.383. The van der Waals surface area contributed by atoms with Crippen LogP contribution in [0.3, 0.4) is 0 Å². The molecular formula is C16H13N3O3S2. The maximum Gasteiger partial charge on any atom is 0.283 e. The van der Waals surface area contributed by atoms with E-state index in [1.54, 1.807) is 35.8 Å². The van der Waals surface area contributed by atoms with Crippen LogP contribution in [0.25, 0.3) is 10.2 Å². The van der Waals surface area contributed by atoms with E-state index < -0.39 is 4.92 Å². The van der Waals surface area contributed by atoms with Crippen molar-refractivity contribution in [2.75, 3.05) is 11.6 Å². The maximum absolute atomic E-state index is 12.4. The van der Waals surface area contributed by atoms with Gasteiger partial charge in [-0.15, -0.1) is 23.1 Å². The first-order valence-corrected chi connectivity index (χ1v) is 9.03. The number of aryl methyl sites for hydroxylation is 1. The fourth-order valence-corrected chi connectivity index (χ4v) is 3.71. The minimum atomic E-state index is -0.477. The number of thioether (sulfide) groups is 1. The van der Waals surface area contributed by atoms with Gasteiger partial charge in [0.2, 0.25) is 0 Å². The van der Waals surface area contributed by atoms with E-state index in [0.717, 1.165) is 15.2 Å². The molecule has 0 saturated heterocycles. The molecule has 0 saturated carbocycles. The third kappa shape index (κ3) is 3.24. The third-order valence-electron chi connectivity index (χ3n) is 3.39. The van der Waals surface area contributed by atoms with Gasteiger partial charge in [-0.3, -0.25) is 14.9 Å². The second-order valence-electron chi connectivity index (χ2n) is 5.01. The topological polar surface area (TPSA) is 85.1 Å². The van der Waals surface area contributed by atoms with Crippen LogP contribution in [0.15, 0.2) is 41.3 Å². The highest BCUT2D eigenvalue weighted by Gasteiger charge is 2.17. The van der Waals surface area contributed by atoms with Crippen LogP contribution in [0.2, 0.25) is 0 Å². The Balaban J connectivity index is 1.88. The lowest BCUT2D eigenvalue weighted by Gasteiger charge is -2.06. The number of nitro groups is 1. The second kappa shape index (κ2) is 6.58. The number of aromatic nitrogens is 1. The van der Waals surface area contributed by atoms with Crippen LogP contribution in [-0.2, 0) is 0 Å². The number of hydrogen-bond donors (Lipinski definition) is 1. The minimum absolute atomic E-state index is 0.0660. The quantitative estimate of drug-likeness (QED) is 0.421. The molecule has 2 aromatic carbocycles. The second-order valence-corrected chi connectivity index (χ2v) is 7.10. The lowest BCUT2D eigenvalue weighted by Crippen LogP contribution is -2.12. The predicted octanol–water partition coefficient (Wildman–Crippen LogP) is 4.49. The van der Waals surface area contributed by atoms with Gasteiger partial charge in [-0.05, 0) is 43.5 Å². The number of fused-ring (bicyclic) bond motifs is 1. The highest BCUT2D eigenvalue weighted by atomic mass is 32.2. The number of nitrogens with one attached hydrogen (secondary N) is 1. The van der Waals surface area contributed by atoms with Crippen LogP contribution in [0, 0.1) is 17.0 Å². The monoisotopic (exact) mass is 359 g/mol. The molecule has 3 aromatic rings. The molecule has 0 bridgehead atoms. The van der Waals surface area contributed by atoms with Gasteiger partial charge < -0.3 is 5.32 Å². The molecule has 122 valence electrons. The van der Waals surface area contributed by atoms with E-state index >= 15 is 0 Å². The van der Waals surface area contributed by atoms with Gasteiger partial charge in [0.15, 0.2) is 0 Å². The standard InChI is InChI=1S/C16H13N3O3S2/c1-9-17-12-5-4-11(8-15(12)24-9)18-16(20)10-3-6-14(23-2)13(7-10)19(21)22/h3-8H,1-2H3,(H,18,20). The zero-order valence-corrected chi connectivity index (χ0v) is 14.5. The average molecular weight is 359 g/mol. The molecule has 0 spiro atoms. The number of carbonyl (C=O) groups is 1. The smallest absolute Gasteiger partial charge is 0.283 e. The Kier molecular flexibility index (Phi) is 4.50. The number of rotatable bonds is 4. The van der Waals surface area contributed by atoms with Crippen LogP contribution >= 0.6 is 23.1 Å². The number of amides is 1. The number of anilines is 1. The van der Waals surface area contributed by atoms with E-state index in [2.05, 4.69) is 10.3 Å². The van der Waals surface area contributed by atoms with E-state index in [4.69, 9.17) is 0 Å². The number of carbonyl (C=O) groups excluding carboxylic acids is 1. The van der Waals surface area contributed by atoms with Gasteiger partial charge in [-0.2, -0.15) is 0 Å². The van der Waals surface area contributed by atoms with Crippen molar-refractivity contribution in [2.24, 2.45) is 0 Å². The van der Waals surface area contributed by atoms with E-state index in [0.29, 0.717) is 10.6 Å². The van der Waals surface area contributed by atoms with E-state index in [9.17, 15) is 14.9 Å². The molecule has 1 N–H and O–H groups in total. The van der Waals surface area contributed by atoms with Gasteiger partial charge in [0.1, 0.15) is 0 Å². The summed E-state index contributed by atoms with van der Waals surface area (Å²) in [6.45, 7) is 1.93. The summed E-state index contributed by atoms with van der Waals surface area (Å²) >= 11 is 2.82. The lowest BCUT2D eigenvalue weighted by molar-refractivity contribution is -0.387. The van der Waals surface area contributed by atoms with E-state index in [-0.39, 0.29) is 17.2 Å². The molecule has 8 heteroatoms. The lowest BCUT2D eigenvalue weighted by atomic mass is 10.2. The van der Waals surface area contributed by atoms with Crippen molar-refractivity contribution >= 4 is 50.6 Å². The first kappa shape index (κ1) is 16.4. The van der Waals surface area contributed by atoms with Crippen molar-refractivity contribution in [1.82, 2.24) is 4.98 Å². The van der Waals surface area contributed by atoms with Crippen molar-refractivity contribution in [3.8, 4) is 0 Å². The number of thiazole rings is 1. The largest absolute Gasteiger partial charge is 0.322 e. The van der Waals surface area contributed by atoms with Crippen LogP contribution in [0.1, 0.15) is 15.4 Å². The fourth-order valence-electron chi connectivity index (χ4n) is 2.29. The van der Waals surface area contributed by atoms with Gasteiger partial charge in [0, 0.05) is 17.3 Å². The number of benzene rings is 2. The fraction of sp³-hybridized carbons (Fsp3) is 0.125. The Morgan fingerprint density at radius 1 is 1.29 bits per heavy atom.